The first-order valence-electron chi connectivity index (χ1n) is 24.1. The van der Waals surface area contributed by atoms with Gasteiger partial charge in [-0.1, -0.05) is 178 Å². The molecule has 344 valence electrons. The van der Waals surface area contributed by atoms with Crippen LogP contribution in [0.3, 0.4) is 0 Å². The summed E-state index contributed by atoms with van der Waals surface area (Å²) in [5.74, 6) is -0.851. The van der Waals surface area contributed by atoms with Crippen LogP contribution in [0.15, 0.2) is 48.6 Å². The molecule has 0 saturated heterocycles. The number of ether oxygens (including phenoxy) is 2. The van der Waals surface area contributed by atoms with Gasteiger partial charge in [0.05, 0.1) is 13.2 Å². The minimum atomic E-state index is -4.39. The third-order valence-corrected chi connectivity index (χ3v) is 11.2. The summed E-state index contributed by atoms with van der Waals surface area (Å²) in [6, 6.07) is 0. The number of rotatable bonds is 45. The van der Waals surface area contributed by atoms with E-state index in [2.05, 4.69) is 62.5 Å². The van der Waals surface area contributed by atoms with Gasteiger partial charge in [-0.3, -0.25) is 18.6 Å². The number of unbranched alkanes of at least 4 members (excludes halogenated alkanes) is 24. The number of nitrogens with two attached hydrogens (primary N) is 1. The van der Waals surface area contributed by atoms with E-state index in [0.717, 1.165) is 57.8 Å². The standard InChI is InChI=1S/C49H90NO8P/c1-3-5-7-9-11-13-15-17-19-21-22-23-24-26-28-30-32-34-36-38-40-42-49(52)58-47(46-57-59(53,54)56-44-43-50)45-55-48(51)41-39-37-35-33-31-29-27-25-20-18-16-14-12-10-8-6-4-2/h12,14,17-20,27,29,47H,3-11,13,15-16,21-26,28,30-46,50H2,1-2H3,(H,53,54)/b14-12+,19-17+,20-18+,29-27+/t47-/m1/s1. The van der Waals surface area contributed by atoms with Gasteiger partial charge in [-0.2, -0.15) is 0 Å². The Labute approximate surface area is 362 Å². The molecule has 0 aromatic rings. The predicted molar refractivity (Wildman–Crippen MR) is 247 cm³/mol. The van der Waals surface area contributed by atoms with Crippen molar-refractivity contribution < 1.29 is 37.6 Å². The molecular formula is C49H90NO8P. The van der Waals surface area contributed by atoms with Crippen LogP contribution in [0, 0.1) is 0 Å². The van der Waals surface area contributed by atoms with Crippen molar-refractivity contribution in [2.75, 3.05) is 26.4 Å². The zero-order chi connectivity index (χ0) is 43.2. The molecule has 59 heavy (non-hydrogen) atoms. The quantitative estimate of drug-likeness (QED) is 0.0266. The molecule has 0 saturated carbocycles. The van der Waals surface area contributed by atoms with E-state index in [1.807, 2.05) is 0 Å². The van der Waals surface area contributed by atoms with Crippen molar-refractivity contribution in [1.82, 2.24) is 0 Å². The molecule has 3 N–H and O–H groups in total. The summed E-state index contributed by atoms with van der Waals surface area (Å²) >= 11 is 0. The van der Waals surface area contributed by atoms with Gasteiger partial charge >= 0.3 is 19.8 Å². The predicted octanol–water partition coefficient (Wildman–Crippen LogP) is 14.3. The molecule has 0 aliphatic carbocycles. The van der Waals surface area contributed by atoms with Crippen LogP contribution in [0.2, 0.25) is 0 Å². The summed E-state index contributed by atoms with van der Waals surface area (Å²) in [5, 5.41) is 0. The van der Waals surface area contributed by atoms with E-state index in [0.29, 0.717) is 12.8 Å². The Morgan fingerprint density at radius 1 is 0.508 bits per heavy atom. The van der Waals surface area contributed by atoms with E-state index in [1.54, 1.807) is 0 Å². The van der Waals surface area contributed by atoms with Gasteiger partial charge in [0.1, 0.15) is 6.61 Å². The molecule has 10 heteroatoms. The Morgan fingerprint density at radius 3 is 1.36 bits per heavy atom. The van der Waals surface area contributed by atoms with E-state index in [4.69, 9.17) is 24.3 Å². The Hall–Kier alpha value is -2.03. The van der Waals surface area contributed by atoms with Gasteiger partial charge in [-0.15, -0.1) is 0 Å². The van der Waals surface area contributed by atoms with E-state index in [-0.39, 0.29) is 32.6 Å². The number of carbonyl (C=O) groups is 2. The maximum Gasteiger partial charge on any atom is 0.472 e. The van der Waals surface area contributed by atoms with Gasteiger partial charge in [0.15, 0.2) is 6.10 Å². The molecule has 0 fully saturated rings. The molecular weight excluding hydrogens is 762 g/mol. The highest BCUT2D eigenvalue weighted by atomic mass is 31.2. The number of carbonyl (C=O) groups excluding carboxylic acids is 2. The molecule has 9 nitrogen and oxygen atoms in total. The first-order chi connectivity index (χ1) is 28.8. The Bertz CT molecular complexity index is 1110. The Kier molecular flexibility index (Phi) is 43.9. The summed E-state index contributed by atoms with van der Waals surface area (Å²) < 4.78 is 32.9. The molecule has 0 aromatic heterocycles. The van der Waals surface area contributed by atoms with Gasteiger partial charge in [0, 0.05) is 19.4 Å². The highest BCUT2D eigenvalue weighted by molar-refractivity contribution is 7.47. The second-order valence-corrected chi connectivity index (χ2v) is 17.4. The Morgan fingerprint density at radius 2 is 0.881 bits per heavy atom. The number of hydrogen-bond acceptors (Lipinski definition) is 8. The van der Waals surface area contributed by atoms with Gasteiger partial charge in [0.2, 0.25) is 0 Å². The lowest BCUT2D eigenvalue weighted by molar-refractivity contribution is -0.161. The molecule has 0 amide bonds. The van der Waals surface area contributed by atoms with Crippen molar-refractivity contribution in [2.24, 2.45) is 5.73 Å². The lowest BCUT2D eigenvalue weighted by atomic mass is 10.0. The van der Waals surface area contributed by atoms with Crippen molar-refractivity contribution in [3.63, 3.8) is 0 Å². The van der Waals surface area contributed by atoms with Crippen LogP contribution in [-0.4, -0.2) is 49.3 Å². The average Bonchev–Trinajstić information content (AvgIpc) is 3.22. The summed E-state index contributed by atoms with van der Waals surface area (Å²) in [7, 11) is -4.39. The summed E-state index contributed by atoms with van der Waals surface area (Å²) in [6.45, 7) is 3.69. The van der Waals surface area contributed by atoms with Gasteiger partial charge in [-0.25, -0.2) is 4.57 Å². The van der Waals surface area contributed by atoms with E-state index in [1.165, 1.54) is 122 Å². The monoisotopic (exact) mass is 852 g/mol. The first-order valence-corrected chi connectivity index (χ1v) is 25.6. The highest BCUT2D eigenvalue weighted by Crippen LogP contribution is 2.43. The maximum atomic E-state index is 12.6. The van der Waals surface area contributed by atoms with Crippen LogP contribution in [0.25, 0.3) is 0 Å². The van der Waals surface area contributed by atoms with E-state index < -0.39 is 32.5 Å². The fraction of sp³-hybridized carbons (Fsp3) is 0.796. The normalized spacial score (nSPS) is 13.6. The van der Waals surface area contributed by atoms with Crippen molar-refractivity contribution in [3.8, 4) is 0 Å². The SMILES string of the molecule is CCCCC/C=C/C/C=C/C/C=C/CCCCCCC(=O)OC[C@H](COP(=O)(O)OCCN)OC(=O)CCCCCCCCCCCCC/C=C/CCCCCCCC. The smallest absolute Gasteiger partial charge is 0.462 e. The Balaban J connectivity index is 4.11. The summed E-state index contributed by atoms with van der Waals surface area (Å²) in [6.07, 6.45) is 52.8. The summed E-state index contributed by atoms with van der Waals surface area (Å²) in [5.41, 5.74) is 5.36. The second kappa shape index (κ2) is 45.5. The van der Waals surface area contributed by atoms with Gasteiger partial charge in [0.25, 0.3) is 0 Å². The molecule has 0 heterocycles. The molecule has 0 aliphatic heterocycles. The molecule has 0 rings (SSSR count). The second-order valence-electron chi connectivity index (χ2n) is 16.0. The minimum Gasteiger partial charge on any atom is -0.462 e. The molecule has 0 aliphatic rings. The van der Waals surface area contributed by atoms with Crippen molar-refractivity contribution >= 4 is 19.8 Å². The van der Waals surface area contributed by atoms with Crippen LogP contribution < -0.4 is 5.73 Å². The zero-order valence-corrected chi connectivity index (χ0v) is 38.9. The van der Waals surface area contributed by atoms with Crippen molar-refractivity contribution in [3.05, 3.63) is 48.6 Å². The maximum absolute atomic E-state index is 12.6. The van der Waals surface area contributed by atoms with Crippen LogP contribution in [0.5, 0.6) is 0 Å². The van der Waals surface area contributed by atoms with Crippen LogP contribution in [0.1, 0.15) is 219 Å². The summed E-state index contributed by atoms with van der Waals surface area (Å²) in [4.78, 5) is 35.0. The highest BCUT2D eigenvalue weighted by Gasteiger charge is 2.26. The largest absolute Gasteiger partial charge is 0.472 e. The van der Waals surface area contributed by atoms with Crippen LogP contribution in [0.4, 0.5) is 0 Å². The topological polar surface area (TPSA) is 134 Å². The fourth-order valence-electron chi connectivity index (χ4n) is 6.58. The molecule has 0 bridgehead atoms. The number of allylic oxidation sites excluding steroid dienone is 8. The molecule has 1 unspecified atom stereocenters. The first kappa shape index (κ1) is 57.0. The third kappa shape index (κ3) is 45.3. The van der Waals surface area contributed by atoms with E-state index in [9.17, 15) is 19.0 Å². The number of phosphoric ester groups is 1. The zero-order valence-electron chi connectivity index (χ0n) is 38.0. The number of hydrogen-bond donors (Lipinski definition) is 2. The lowest BCUT2D eigenvalue weighted by Crippen LogP contribution is -2.29. The molecule has 2 atom stereocenters. The number of esters is 2. The molecule has 0 radical (unpaired) electrons. The minimum absolute atomic E-state index is 0.0491. The molecule has 0 aromatic carbocycles. The average molecular weight is 852 g/mol. The van der Waals surface area contributed by atoms with E-state index >= 15 is 0 Å². The fourth-order valence-corrected chi connectivity index (χ4v) is 7.34. The lowest BCUT2D eigenvalue weighted by Gasteiger charge is -2.19. The van der Waals surface area contributed by atoms with Gasteiger partial charge < -0.3 is 20.1 Å². The van der Waals surface area contributed by atoms with Gasteiger partial charge in [-0.05, 0) is 77.0 Å². The van der Waals surface area contributed by atoms with Crippen LogP contribution in [-0.2, 0) is 32.7 Å². The third-order valence-electron chi connectivity index (χ3n) is 10.2. The van der Waals surface area contributed by atoms with Crippen molar-refractivity contribution in [2.45, 2.75) is 225 Å². The number of phosphoric acid groups is 1. The molecule has 0 spiro atoms. The van der Waals surface area contributed by atoms with Crippen LogP contribution >= 0.6 is 7.82 Å². The van der Waals surface area contributed by atoms with Crippen molar-refractivity contribution in [1.29, 1.82) is 0 Å².